The van der Waals surface area contributed by atoms with E-state index in [0.29, 0.717) is 0 Å². The fourth-order valence-electron chi connectivity index (χ4n) is 2.06. The third-order valence-corrected chi connectivity index (χ3v) is 6.18. The summed E-state index contributed by atoms with van der Waals surface area (Å²) < 4.78 is 17.1. The fourth-order valence-corrected chi connectivity index (χ4v) is 3.76. The molecule has 7 heteroatoms. The molecule has 0 unspecified atom stereocenters. The third-order valence-electron chi connectivity index (χ3n) is 3.35. The number of quaternary nitrogens is 1. The van der Waals surface area contributed by atoms with Gasteiger partial charge in [0.1, 0.15) is 0 Å². The van der Waals surface area contributed by atoms with Crippen LogP contribution in [0, 0.1) is 0 Å². The second-order valence-corrected chi connectivity index (χ2v) is 8.30. The summed E-state index contributed by atoms with van der Waals surface area (Å²) in [4.78, 5) is 10.2. The summed E-state index contributed by atoms with van der Waals surface area (Å²) in [6.45, 7) is 2.80. The van der Waals surface area contributed by atoms with Crippen molar-refractivity contribution in [1.29, 1.82) is 0 Å². The first-order chi connectivity index (χ1) is 8.95. The Hall–Kier alpha value is -0.473. The number of hydrogen-bond acceptors (Lipinski definition) is 4. The molecule has 0 saturated carbocycles. The van der Waals surface area contributed by atoms with Crippen molar-refractivity contribution in [2.75, 3.05) is 55.1 Å². The minimum Gasteiger partial charge on any atom is -0.377 e. The Morgan fingerprint density at radius 1 is 1.05 bits per heavy atom. The van der Waals surface area contributed by atoms with Crippen molar-refractivity contribution in [2.45, 2.75) is 18.9 Å². The van der Waals surface area contributed by atoms with Gasteiger partial charge in [0, 0.05) is 46.8 Å². The number of nitrogens with zero attached hydrogens (tertiary/aromatic N) is 1. The van der Waals surface area contributed by atoms with Gasteiger partial charge in [0.05, 0.1) is 27.2 Å². The summed E-state index contributed by atoms with van der Waals surface area (Å²) >= 11 is 0. The molecule has 0 heterocycles. The summed E-state index contributed by atoms with van der Waals surface area (Å²) in [6, 6.07) is 0.824. The molecule has 0 aliphatic heterocycles. The van der Waals surface area contributed by atoms with Crippen LogP contribution >= 0.6 is 0 Å². The molecule has 0 fully saturated rings. The summed E-state index contributed by atoms with van der Waals surface area (Å²) in [6.07, 6.45) is 2.72. The molecule has 0 aromatic carbocycles. The minimum absolute atomic E-state index is 0.734. The van der Waals surface area contributed by atoms with Crippen molar-refractivity contribution >= 4 is 15.2 Å². The maximum absolute atomic E-state index is 10.2. The first kappa shape index (κ1) is 18.5. The van der Waals surface area contributed by atoms with Gasteiger partial charge in [0.25, 0.3) is 0 Å². The van der Waals surface area contributed by atoms with Gasteiger partial charge in [0.2, 0.25) is 6.41 Å². The monoisotopic (exact) mass is 293 g/mol. The van der Waals surface area contributed by atoms with Crippen molar-refractivity contribution in [3.05, 3.63) is 0 Å². The molecule has 0 saturated heterocycles. The molecule has 6 nitrogen and oxygen atoms in total. The second kappa shape index (κ2) is 9.43. The molecule has 0 spiro atoms. The van der Waals surface area contributed by atoms with Crippen molar-refractivity contribution < 1.29 is 22.6 Å². The molecule has 0 bridgehead atoms. The normalized spacial score (nSPS) is 12.5. The van der Waals surface area contributed by atoms with Crippen LogP contribution in [-0.4, -0.2) is 74.8 Å². The van der Waals surface area contributed by atoms with Crippen LogP contribution in [0.25, 0.3) is 0 Å². The Labute approximate surface area is 118 Å². The van der Waals surface area contributed by atoms with Gasteiger partial charge in [-0.2, -0.15) is 0 Å². The highest BCUT2D eigenvalue weighted by Gasteiger charge is 2.37. The maximum Gasteiger partial charge on any atom is 0.500 e. The van der Waals surface area contributed by atoms with Gasteiger partial charge in [0.15, 0.2) is 0 Å². The minimum atomic E-state index is -2.43. The third kappa shape index (κ3) is 7.63. The van der Waals surface area contributed by atoms with Crippen LogP contribution in [-0.2, 0) is 18.1 Å². The van der Waals surface area contributed by atoms with Gasteiger partial charge in [-0.15, -0.1) is 0 Å². The quantitative estimate of drug-likeness (QED) is 0.246. The molecule has 0 atom stereocenters. The molecular weight excluding hydrogens is 264 g/mol. The smallest absolute Gasteiger partial charge is 0.377 e. The van der Waals surface area contributed by atoms with Crippen LogP contribution in [0.4, 0.5) is 0 Å². The van der Waals surface area contributed by atoms with Gasteiger partial charge in [-0.25, -0.2) is 0 Å². The van der Waals surface area contributed by atoms with Gasteiger partial charge in [-0.05, 0) is 0 Å². The fraction of sp³-hybridized carbons (Fsp3) is 0.917. The lowest BCUT2D eigenvalue weighted by Gasteiger charge is -2.31. The summed E-state index contributed by atoms with van der Waals surface area (Å²) in [7, 11) is 6.88. The van der Waals surface area contributed by atoms with Gasteiger partial charge in [-0.1, -0.05) is 0 Å². The Kier molecular flexibility index (Phi) is 9.20. The number of carbonyl (C=O) groups excluding carboxylic acids is 1. The lowest BCUT2D eigenvalue weighted by atomic mass is 10.3. The number of nitrogens with one attached hydrogen (secondary N) is 1. The number of hydrogen-bond donors (Lipinski definition) is 1. The molecule has 0 aliphatic carbocycles. The maximum atomic E-state index is 10.2. The molecule has 0 aromatic rings. The van der Waals surface area contributed by atoms with E-state index in [1.807, 2.05) is 0 Å². The number of rotatable bonds is 12. The standard InChI is InChI=1S/C12H28N2O4Si/c1-14(2,9-6-8-13-12-15)10-7-11-19(16-3,17-4)18-5/h12H,6-11H2,1-5H3/p+1. The van der Waals surface area contributed by atoms with E-state index in [0.717, 1.165) is 49.4 Å². The van der Waals surface area contributed by atoms with Crippen LogP contribution in [0.3, 0.4) is 0 Å². The summed E-state index contributed by atoms with van der Waals surface area (Å²) in [5.41, 5.74) is 0. The van der Waals surface area contributed by atoms with E-state index in [4.69, 9.17) is 13.3 Å². The van der Waals surface area contributed by atoms with E-state index in [-0.39, 0.29) is 0 Å². The molecule has 1 N–H and O–H groups in total. The molecule has 0 aromatic heterocycles. The first-order valence-electron chi connectivity index (χ1n) is 6.60. The van der Waals surface area contributed by atoms with E-state index in [1.54, 1.807) is 21.3 Å². The molecule has 1 amide bonds. The van der Waals surface area contributed by atoms with Crippen LogP contribution in [0.5, 0.6) is 0 Å². The molecule has 0 radical (unpaired) electrons. The van der Waals surface area contributed by atoms with Crippen LogP contribution in [0.15, 0.2) is 0 Å². The van der Waals surface area contributed by atoms with E-state index < -0.39 is 8.80 Å². The van der Waals surface area contributed by atoms with Gasteiger partial charge in [-0.3, -0.25) is 4.79 Å². The molecule has 0 aliphatic rings. The molecular formula is C12H29N2O4Si+. The average Bonchev–Trinajstić information content (AvgIpc) is 2.40. The lowest BCUT2D eigenvalue weighted by Crippen LogP contribution is -2.46. The van der Waals surface area contributed by atoms with E-state index in [1.165, 1.54) is 0 Å². The van der Waals surface area contributed by atoms with E-state index in [2.05, 4.69) is 19.4 Å². The molecule has 114 valence electrons. The first-order valence-corrected chi connectivity index (χ1v) is 8.53. The Morgan fingerprint density at radius 2 is 1.58 bits per heavy atom. The zero-order valence-corrected chi connectivity index (χ0v) is 13.9. The number of carbonyl (C=O) groups is 1. The SMILES string of the molecule is CO[Si](CCC[N+](C)(C)CCCNC=O)(OC)OC. The van der Waals surface area contributed by atoms with Crippen LogP contribution < -0.4 is 5.32 Å². The van der Waals surface area contributed by atoms with Crippen LogP contribution in [0.1, 0.15) is 12.8 Å². The van der Waals surface area contributed by atoms with E-state index in [9.17, 15) is 4.79 Å². The largest absolute Gasteiger partial charge is 0.500 e. The predicted octanol–water partition coefficient (Wildman–Crippen LogP) is 0.467. The van der Waals surface area contributed by atoms with Gasteiger partial charge >= 0.3 is 8.80 Å². The number of amides is 1. The highest BCUT2D eigenvalue weighted by Crippen LogP contribution is 2.16. The summed E-state index contributed by atoms with van der Waals surface area (Å²) in [5.74, 6) is 0. The van der Waals surface area contributed by atoms with Crippen LogP contribution in [0.2, 0.25) is 6.04 Å². The van der Waals surface area contributed by atoms with Crippen molar-refractivity contribution in [3.8, 4) is 0 Å². The average molecular weight is 293 g/mol. The Morgan fingerprint density at radius 3 is 2.05 bits per heavy atom. The van der Waals surface area contributed by atoms with Crippen molar-refractivity contribution in [2.24, 2.45) is 0 Å². The highest BCUT2D eigenvalue weighted by molar-refractivity contribution is 6.60. The predicted molar refractivity (Wildman–Crippen MR) is 76.7 cm³/mol. The molecule has 19 heavy (non-hydrogen) atoms. The lowest BCUT2D eigenvalue weighted by molar-refractivity contribution is -0.890. The Bertz CT molecular complexity index is 240. The zero-order valence-electron chi connectivity index (χ0n) is 12.9. The summed E-state index contributed by atoms with van der Waals surface area (Å²) in [5, 5.41) is 2.68. The zero-order chi connectivity index (χ0) is 14.8. The second-order valence-electron chi connectivity index (χ2n) is 5.21. The van der Waals surface area contributed by atoms with Crippen molar-refractivity contribution in [1.82, 2.24) is 5.32 Å². The topological polar surface area (TPSA) is 56.8 Å². The van der Waals surface area contributed by atoms with E-state index >= 15 is 0 Å². The highest BCUT2D eigenvalue weighted by atomic mass is 28.4. The van der Waals surface area contributed by atoms with Gasteiger partial charge < -0.3 is 23.1 Å². The Balaban J connectivity index is 3.98. The van der Waals surface area contributed by atoms with Crippen molar-refractivity contribution in [3.63, 3.8) is 0 Å². The molecule has 0 rings (SSSR count).